The molecule has 3 aromatic rings. The summed E-state index contributed by atoms with van der Waals surface area (Å²) in [4.78, 5) is 16.9. The van der Waals surface area contributed by atoms with E-state index in [1.54, 1.807) is 12.4 Å². The number of carbonyl (C=O) groups excluding carboxylic acids is 1. The highest BCUT2D eigenvalue weighted by Crippen LogP contribution is 2.23. The number of pyridine rings is 1. The van der Waals surface area contributed by atoms with Crippen LogP contribution >= 0.6 is 0 Å². The minimum Gasteiger partial charge on any atom is -0.354 e. The fraction of sp³-hybridized carbons (Fsp3) is 0.182. The van der Waals surface area contributed by atoms with Crippen LogP contribution in [0.5, 0.6) is 0 Å². The first-order chi connectivity index (χ1) is 12.6. The first-order valence-electron chi connectivity index (χ1n) is 8.75. The molecule has 26 heavy (non-hydrogen) atoms. The highest BCUT2D eigenvalue weighted by Gasteiger charge is 2.11. The molecule has 0 saturated heterocycles. The largest absolute Gasteiger partial charge is 0.354 e. The van der Waals surface area contributed by atoms with Crippen LogP contribution in [0.1, 0.15) is 34.0 Å². The Morgan fingerprint density at radius 2 is 1.77 bits per heavy atom. The van der Waals surface area contributed by atoms with Crippen molar-refractivity contribution in [2.45, 2.75) is 27.2 Å². The molecule has 3 rings (SSSR count). The summed E-state index contributed by atoms with van der Waals surface area (Å²) < 4.78 is 0. The zero-order chi connectivity index (χ0) is 18.5. The van der Waals surface area contributed by atoms with E-state index in [4.69, 9.17) is 0 Å². The molecule has 0 bridgehead atoms. The van der Waals surface area contributed by atoms with E-state index in [9.17, 15) is 4.79 Å². The highest BCUT2D eigenvalue weighted by atomic mass is 16.1. The van der Waals surface area contributed by atoms with E-state index in [-0.39, 0.29) is 5.91 Å². The van der Waals surface area contributed by atoms with Crippen LogP contribution < -0.4 is 10.6 Å². The first-order valence-corrected chi connectivity index (χ1v) is 8.75. The average molecular weight is 345 g/mol. The van der Waals surface area contributed by atoms with Crippen LogP contribution in [0.25, 0.3) is 0 Å². The molecular formula is C22H23N3O. The number of carbonyl (C=O) groups is 1. The van der Waals surface area contributed by atoms with Gasteiger partial charge in [-0.15, -0.1) is 0 Å². The molecular weight excluding hydrogens is 322 g/mol. The number of aromatic nitrogens is 1. The summed E-state index contributed by atoms with van der Waals surface area (Å²) in [6.45, 7) is 6.13. The van der Waals surface area contributed by atoms with Crippen LogP contribution in [-0.4, -0.2) is 10.9 Å². The van der Waals surface area contributed by atoms with Crippen LogP contribution in [0.2, 0.25) is 0 Å². The number of amides is 1. The van der Waals surface area contributed by atoms with Gasteiger partial charge in [0.25, 0.3) is 5.91 Å². The van der Waals surface area contributed by atoms with Gasteiger partial charge >= 0.3 is 0 Å². The van der Waals surface area contributed by atoms with Gasteiger partial charge < -0.3 is 10.6 Å². The molecule has 132 valence electrons. The van der Waals surface area contributed by atoms with Gasteiger partial charge in [0.05, 0.1) is 17.4 Å². The van der Waals surface area contributed by atoms with E-state index < -0.39 is 0 Å². The van der Waals surface area contributed by atoms with Crippen LogP contribution in [0, 0.1) is 13.8 Å². The number of anilines is 3. The third kappa shape index (κ3) is 4.09. The number of benzene rings is 2. The summed E-state index contributed by atoms with van der Waals surface area (Å²) in [7, 11) is 0. The van der Waals surface area contributed by atoms with E-state index in [1.165, 1.54) is 5.56 Å². The van der Waals surface area contributed by atoms with Crippen molar-refractivity contribution in [2.24, 2.45) is 0 Å². The molecule has 0 unspecified atom stereocenters. The Kier molecular flexibility index (Phi) is 5.32. The van der Waals surface area contributed by atoms with Crippen LogP contribution in [0.3, 0.4) is 0 Å². The van der Waals surface area contributed by atoms with Gasteiger partial charge in [-0.3, -0.25) is 9.78 Å². The predicted octanol–water partition coefficient (Wildman–Crippen LogP) is 5.26. The number of nitrogens with one attached hydrogen (secondary N) is 2. The van der Waals surface area contributed by atoms with Gasteiger partial charge in [-0.05, 0) is 49.6 Å². The Balaban J connectivity index is 1.79. The second-order valence-corrected chi connectivity index (χ2v) is 6.37. The number of nitrogens with zero attached hydrogens (tertiary/aromatic N) is 1. The molecule has 0 aliphatic carbocycles. The molecule has 1 heterocycles. The van der Waals surface area contributed by atoms with Crippen LogP contribution in [0.4, 0.5) is 17.1 Å². The van der Waals surface area contributed by atoms with Gasteiger partial charge in [0.2, 0.25) is 0 Å². The zero-order valence-corrected chi connectivity index (χ0v) is 15.3. The molecule has 0 aliphatic rings. The summed E-state index contributed by atoms with van der Waals surface area (Å²) >= 11 is 0. The van der Waals surface area contributed by atoms with E-state index in [0.717, 1.165) is 34.6 Å². The maximum Gasteiger partial charge on any atom is 0.257 e. The van der Waals surface area contributed by atoms with Crippen molar-refractivity contribution in [1.82, 2.24) is 4.98 Å². The number of hydrogen-bond donors (Lipinski definition) is 2. The van der Waals surface area contributed by atoms with Gasteiger partial charge in [0.15, 0.2) is 0 Å². The molecule has 0 atom stereocenters. The average Bonchev–Trinajstić information content (AvgIpc) is 2.65. The molecule has 4 nitrogen and oxygen atoms in total. The van der Waals surface area contributed by atoms with Crippen molar-refractivity contribution >= 4 is 23.0 Å². The maximum atomic E-state index is 12.7. The maximum absolute atomic E-state index is 12.7. The van der Waals surface area contributed by atoms with Crippen molar-refractivity contribution in [1.29, 1.82) is 0 Å². The van der Waals surface area contributed by atoms with Gasteiger partial charge in [0, 0.05) is 17.6 Å². The lowest BCUT2D eigenvalue weighted by Gasteiger charge is -2.13. The third-order valence-corrected chi connectivity index (χ3v) is 4.32. The molecule has 0 spiro atoms. The lowest BCUT2D eigenvalue weighted by atomic mass is 10.1. The predicted molar refractivity (Wildman–Crippen MR) is 107 cm³/mol. The summed E-state index contributed by atoms with van der Waals surface area (Å²) in [5.41, 5.74) is 6.53. The quantitative estimate of drug-likeness (QED) is 0.663. The van der Waals surface area contributed by atoms with Crippen molar-refractivity contribution in [2.75, 3.05) is 10.6 Å². The molecule has 1 amide bonds. The third-order valence-electron chi connectivity index (χ3n) is 4.32. The minimum atomic E-state index is -0.158. The lowest BCUT2D eigenvalue weighted by Crippen LogP contribution is -2.14. The molecule has 0 radical (unpaired) electrons. The smallest absolute Gasteiger partial charge is 0.257 e. The molecule has 0 saturated carbocycles. The zero-order valence-electron chi connectivity index (χ0n) is 15.3. The summed E-state index contributed by atoms with van der Waals surface area (Å²) in [5, 5.41) is 6.32. The fourth-order valence-electron chi connectivity index (χ4n) is 2.82. The highest BCUT2D eigenvalue weighted by molar-refractivity contribution is 6.05. The van der Waals surface area contributed by atoms with Crippen molar-refractivity contribution in [3.63, 3.8) is 0 Å². The Bertz CT molecular complexity index is 917. The molecule has 0 aliphatic heterocycles. The second kappa shape index (κ2) is 7.83. The Labute approximate surface area is 154 Å². The van der Waals surface area contributed by atoms with Crippen molar-refractivity contribution in [3.05, 3.63) is 83.2 Å². The monoisotopic (exact) mass is 345 g/mol. The summed E-state index contributed by atoms with van der Waals surface area (Å²) in [5.74, 6) is -0.158. The Morgan fingerprint density at radius 1 is 1.00 bits per heavy atom. The first kappa shape index (κ1) is 17.7. The molecule has 1 aromatic heterocycles. The molecule has 0 fully saturated rings. The topological polar surface area (TPSA) is 54.0 Å². The van der Waals surface area contributed by atoms with Gasteiger partial charge in [-0.2, -0.15) is 0 Å². The number of para-hydroxylation sites is 1. The standard InChI is InChI=1S/C22H23N3O/c1-4-17-7-5-6-16(3)21(17)25-22(26)18-12-20(14-23-13-18)24-19-10-8-15(2)9-11-19/h5-14,24H,4H2,1-3H3,(H,25,26). The molecule has 2 N–H and O–H groups in total. The van der Waals surface area contributed by atoms with E-state index in [1.807, 2.05) is 62.4 Å². The summed E-state index contributed by atoms with van der Waals surface area (Å²) in [6.07, 6.45) is 4.16. The SMILES string of the molecule is CCc1cccc(C)c1NC(=O)c1cncc(Nc2ccc(C)cc2)c1. The molecule has 2 aromatic carbocycles. The number of hydrogen-bond acceptors (Lipinski definition) is 3. The van der Waals surface area contributed by atoms with Crippen molar-refractivity contribution in [3.8, 4) is 0 Å². The lowest BCUT2D eigenvalue weighted by molar-refractivity contribution is 0.102. The summed E-state index contributed by atoms with van der Waals surface area (Å²) in [6, 6.07) is 15.9. The normalized spacial score (nSPS) is 10.4. The fourth-order valence-corrected chi connectivity index (χ4v) is 2.82. The number of rotatable bonds is 5. The van der Waals surface area contributed by atoms with Gasteiger partial charge in [-0.25, -0.2) is 0 Å². The number of aryl methyl sites for hydroxylation is 3. The van der Waals surface area contributed by atoms with E-state index in [0.29, 0.717) is 5.56 Å². The van der Waals surface area contributed by atoms with Crippen LogP contribution in [-0.2, 0) is 6.42 Å². The minimum absolute atomic E-state index is 0.158. The second-order valence-electron chi connectivity index (χ2n) is 6.37. The van der Waals surface area contributed by atoms with Crippen molar-refractivity contribution < 1.29 is 4.79 Å². The van der Waals surface area contributed by atoms with E-state index in [2.05, 4.69) is 22.5 Å². The van der Waals surface area contributed by atoms with Gasteiger partial charge in [-0.1, -0.05) is 42.8 Å². The molecule has 4 heteroatoms. The Morgan fingerprint density at radius 3 is 2.50 bits per heavy atom. The Hall–Kier alpha value is -3.14. The van der Waals surface area contributed by atoms with Crippen LogP contribution in [0.15, 0.2) is 60.9 Å². The van der Waals surface area contributed by atoms with Gasteiger partial charge in [0.1, 0.15) is 0 Å². The van der Waals surface area contributed by atoms with E-state index >= 15 is 0 Å².